The number of amides is 1. The smallest absolute Gasteiger partial charge is 0.223 e. The molecule has 3 heterocycles. The van der Waals surface area contributed by atoms with Crippen LogP contribution in [0.15, 0.2) is 40.9 Å². The van der Waals surface area contributed by atoms with E-state index >= 15 is 0 Å². The van der Waals surface area contributed by atoms with Gasteiger partial charge in [0, 0.05) is 56.2 Å². The highest BCUT2D eigenvalue weighted by atomic mass is 16.5. The first-order chi connectivity index (χ1) is 14.1. The maximum absolute atomic E-state index is 12.7. The first kappa shape index (κ1) is 19.7. The van der Waals surface area contributed by atoms with Gasteiger partial charge in [0.15, 0.2) is 0 Å². The van der Waals surface area contributed by atoms with E-state index in [2.05, 4.69) is 23.4 Å². The average Bonchev–Trinajstić information content (AvgIpc) is 3.36. The lowest BCUT2D eigenvalue weighted by atomic mass is 9.94. The van der Waals surface area contributed by atoms with Crippen molar-refractivity contribution >= 4 is 16.9 Å². The van der Waals surface area contributed by atoms with Gasteiger partial charge in [-0.05, 0) is 19.1 Å². The highest BCUT2D eigenvalue weighted by Gasteiger charge is 2.41. The van der Waals surface area contributed by atoms with Crippen molar-refractivity contribution in [2.45, 2.75) is 25.9 Å². The Labute approximate surface area is 170 Å². The molecule has 4 rings (SSSR count). The van der Waals surface area contributed by atoms with Crippen molar-refractivity contribution in [3.05, 3.63) is 53.5 Å². The van der Waals surface area contributed by atoms with Crippen LogP contribution in [0.4, 0.5) is 0 Å². The van der Waals surface area contributed by atoms with Gasteiger partial charge in [0.1, 0.15) is 11.3 Å². The minimum absolute atomic E-state index is 0.00882. The van der Waals surface area contributed by atoms with Gasteiger partial charge >= 0.3 is 0 Å². The number of rotatable bonds is 8. The summed E-state index contributed by atoms with van der Waals surface area (Å²) in [7, 11) is 3.60. The third-order valence-electron chi connectivity index (χ3n) is 5.85. The second-order valence-electron chi connectivity index (χ2n) is 7.68. The minimum Gasteiger partial charge on any atom is -0.460 e. The number of carbonyl (C=O) groups excluding carboxylic acids is 1. The lowest BCUT2D eigenvalue weighted by Gasteiger charge is -2.28. The number of nitrogens with one attached hydrogen (secondary N) is 1. The van der Waals surface area contributed by atoms with Gasteiger partial charge in [0.2, 0.25) is 5.91 Å². The standard InChI is InChI=1S/C22H28N4O3/c1-15-19(14-24-25(15)2)22-17(11-21(27)26(22)8-9-28-3)12-23-13-18-10-16-6-4-5-7-20(16)29-18/h4-7,10,14,17,22-23H,8-9,11-13H2,1-3H3/t17-,22+/m1/s1. The molecule has 0 bridgehead atoms. The van der Waals surface area contributed by atoms with Crippen LogP contribution >= 0.6 is 0 Å². The molecule has 2 aromatic heterocycles. The van der Waals surface area contributed by atoms with E-state index in [0.29, 0.717) is 26.1 Å². The first-order valence-electron chi connectivity index (χ1n) is 10.0. The van der Waals surface area contributed by atoms with E-state index in [-0.39, 0.29) is 17.9 Å². The molecule has 1 fully saturated rings. The molecule has 2 atom stereocenters. The predicted octanol–water partition coefficient (Wildman–Crippen LogP) is 2.80. The maximum atomic E-state index is 12.7. The largest absolute Gasteiger partial charge is 0.460 e. The molecule has 1 N–H and O–H groups in total. The summed E-state index contributed by atoms with van der Waals surface area (Å²) in [5.41, 5.74) is 3.11. The Hall–Kier alpha value is -2.64. The summed E-state index contributed by atoms with van der Waals surface area (Å²) in [5, 5.41) is 9.00. The molecule has 154 valence electrons. The van der Waals surface area contributed by atoms with Crippen molar-refractivity contribution in [2.75, 3.05) is 26.8 Å². The SMILES string of the molecule is COCCN1C(=O)C[C@H](CNCc2cc3ccccc3o2)[C@H]1c1cnn(C)c1C. The number of aryl methyl sites for hydroxylation is 1. The number of hydrogen-bond acceptors (Lipinski definition) is 5. The number of para-hydroxylation sites is 1. The average molecular weight is 396 g/mol. The summed E-state index contributed by atoms with van der Waals surface area (Å²) < 4.78 is 13.0. The van der Waals surface area contributed by atoms with Gasteiger partial charge in [-0.2, -0.15) is 5.10 Å². The van der Waals surface area contributed by atoms with Gasteiger partial charge in [-0.1, -0.05) is 18.2 Å². The number of benzene rings is 1. The summed E-state index contributed by atoms with van der Waals surface area (Å²) in [6.45, 7) is 4.54. The van der Waals surface area contributed by atoms with Crippen molar-refractivity contribution < 1.29 is 13.9 Å². The summed E-state index contributed by atoms with van der Waals surface area (Å²) in [6, 6.07) is 10.1. The lowest BCUT2D eigenvalue weighted by Crippen LogP contribution is -2.34. The quantitative estimate of drug-likeness (QED) is 0.634. The van der Waals surface area contributed by atoms with E-state index < -0.39 is 0 Å². The zero-order valence-electron chi connectivity index (χ0n) is 17.2. The zero-order chi connectivity index (χ0) is 20.4. The molecule has 1 saturated heterocycles. The number of fused-ring (bicyclic) bond motifs is 1. The number of hydrogen-bond donors (Lipinski definition) is 1. The second kappa shape index (κ2) is 8.39. The lowest BCUT2D eigenvalue weighted by molar-refractivity contribution is -0.129. The van der Waals surface area contributed by atoms with Crippen molar-refractivity contribution in [3.8, 4) is 0 Å². The molecule has 1 aliphatic heterocycles. The van der Waals surface area contributed by atoms with Crippen LogP contribution in [0.5, 0.6) is 0 Å². The van der Waals surface area contributed by atoms with Crippen LogP contribution in [-0.2, 0) is 23.1 Å². The number of likely N-dealkylation sites (tertiary alicyclic amines) is 1. The first-order valence-corrected chi connectivity index (χ1v) is 10.0. The van der Waals surface area contributed by atoms with Crippen molar-refractivity contribution in [1.82, 2.24) is 20.0 Å². The molecule has 0 spiro atoms. The van der Waals surface area contributed by atoms with Gasteiger partial charge in [-0.3, -0.25) is 9.48 Å². The number of nitrogens with zero attached hydrogens (tertiary/aromatic N) is 3. The van der Waals surface area contributed by atoms with Gasteiger partial charge < -0.3 is 19.4 Å². The van der Waals surface area contributed by atoms with Gasteiger partial charge in [-0.25, -0.2) is 0 Å². The number of methoxy groups -OCH3 is 1. The van der Waals surface area contributed by atoms with Gasteiger partial charge in [-0.15, -0.1) is 0 Å². The predicted molar refractivity (Wildman–Crippen MR) is 110 cm³/mol. The van der Waals surface area contributed by atoms with Crippen LogP contribution < -0.4 is 5.32 Å². The molecule has 1 amide bonds. The molecule has 1 aliphatic rings. The van der Waals surface area contributed by atoms with Crippen molar-refractivity contribution in [2.24, 2.45) is 13.0 Å². The number of aromatic nitrogens is 2. The van der Waals surface area contributed by atoms with Gasteiger partial charge in [0.25, 0.3) is 0 Å². The third kappa shape index (κ3) is 3.93. The normalized spacial score (nSPS) is 19.6. The molecule has 3 aromatic rings. The summed E-state index contributed by atoms with van der Waals surface area (Å²) in [6.07, 6.45) is 2.42. The Bertz CT molecular complexity index is 960. The van der Waals surface area contributed by atoms with E-state index in [1.54, 1.807) is 7.11 Å². The summed E-state index contributed by atoms with van der Waals surface area (Å²) >= 11 is 0. The van der Waals surface area contributed by atoms with E-state index in [9.17, 15) is 4.79 Å². The van der Waals surface area contributed by atoms with Crippen molar-refractivity contribution in [3.63, 3.8) is 0 Å². The Kier molecular flexibility index (Phi) is 5.69. The van der Waals surface area contributed by atoms with Gasteiger partial charge in [0.05, 0.1) is 25.4 Å². The van der Waals surface area contributed by atoms with E-state index in [4.69, 9.17) is 9.15 Å². The highest BCUT2D eigenvalue weighted by Crippen LogP contribution is 2.38. The molecule has 1 aromatic carbocycles. The highest BCUT2D eigenvalue weighted by molar-refractivity contribution is 5.80. The molecular weight excluding hydrogens is 368 g/mol. The van der Waals surface area contributed by atoms with E-state index in [1.807, 2.05) is 47.1 Å². The summed E-state index contributed by atoms with van der Waals surface area (Å²) in [4.78, 5) is 14.7. The number of furan rings is 1. The molecule has 0 aliphatic carbocycles. The van der Waals surface area contributed by atoms with E-state index in [1.165, 1.54) is 0 Å². The fourth-order valence-corrected chi connectivity index (χ4v) is 4.23. The molecule has 0 unspecified atom stereocenters. The Morgan fingerprint density at radius 1 is 1.34 bits per heavy atom. The fraction of sp³-hybridized carbons (Fsp3) is 0.455. The van der Waals surface area contributed by atoms with E-state index in [0.717, 1.165) is 34.5 Å². The zero-order valence-corrected chi connectivity index (χ0v) is 17.2. The third-order valence-corrected chi connectivity index (χ3v) is 5.85. The van der Waals surface area contributed by atoms with Crippen LogP contribution in [-0.4, -0.2) is 47.4 Å². The monoisotopic (exact) mass is 396 g/mol. The van der Waals surface area contributed by atoms with Crippen LogP contribution in [0.1, 0.15) is 29.5 Å². The molecular formula is C22H28N4O3. The molecule has 0 saturated carbocycles. The van der Waals surface area contributed by atoms with Crippen LogP contribution in [0.25, 0.3) is 11.0 Å². The Balaban J connectivity index is 1.48. The number of carbonyl (C=O) groups is 1. The summed E-state index contributed by atoms with van der Waals surface area (Å²) in [5.74, 6) is 1.25. The maximum Gasteiger partial charge on any atom is 0.223 e. The Morgan fingerprint density at radius 2 is 2.17 bits per heavy atom. The van der Waals surface area contributed by atoms with Crippen molar-refractivity contribution in [1.29, 1.82) is 0 Å². The van der Waals surface area contributed by atoms with Crippen LogP contribution in [0.3, 0.4) is 0 Å². The molecule has 7 heteroatoms. The second-order valence-corrected chi connectivity index (χ2v) is 7.68. The molecule has 7 nitrogen and oxygen atoms in total. The fourth-order valence-electron chi connectivity index (χ4n) is 4.23. The topological polar surface area (TPSA) is 72.5 Å². The number of ether oxygens (including phenoxy) is 1. The van der Waals surface area contributed by atoms with Crippen LogP contribution in [0, 0.1) is 12.8 Å². The molecule has 0 radical (unpaired) electrons. The minimum atomic E-state index is 0.00882. The van der Waals surface area contributed by atoms with Crippen LogP contribution in [0.2, 0.25) is 0 Å². The molecule has 29 heavy (non-hydrogen) atoms. The Morgan fingerprint density at radius 3 is 2.90 bits per heavy atom.